The molecule has 2 aromatic rings. The van der Waals surface area contributed by atoms with E-state index in [9.17, 15) is 14.4 Å². The molecule has 1 saturated heterocycles. The highest BCUT2D eigenvalue weighted by molar-refractivity contribution is 7.80. The summed E-state index contributed by atoms with van der Waals surface area (Å²) in [5.74, 6) is -2.12. The number of benzene rings is 2. The van der Waals surface area contributed by atoms with E-state index < -0.39 is 24.4 Å². The van der Waals surface area contributed by atoms with Gasteiger partial charge in [-0.05, 0) is 54.0 Å². The monoisotopic (exact) mass is 444 g/mol. The lowest BCUT2D eigenvalue weighted by Crippen LogP contribution is -2.54. The molecule has 0 saturated carbocycles. The Labute approximate surface area is 182 Å². The lowest BCUT2D eigenvalue weighted by Gasteiger charge is -2.30. The molecule has 9 heteroatoms. The van der Waals surface area contributed by atoms with Crippen molar-refractivity contribution in [2.24, 2.45) is 0 Å². The third-order valence-corrected chi connectivity index (χ3v) is 4.91. The molecule has 0 aromatic heterocycles. The first-order valence-electron chi connectivity index (χ1n) is 8.95. The average Bonchev–Trinajstić information content (AvgIpc) is 2.70. The number of anilines is 1. The molecule has 0 unspecified atom stereocenters. The molecular formula is C21H17ClN2O5S. The number of halogens is 1. The van der Waals surface area contributed by atoms with E-state index in [-0.39, 0.29) is 21.5 Å². The lowest BCUT2D eigenvalue weighted by molar-refractivity contribution is -0.139. The standard InChI is InChI=1S/C21H17ClN2O5S/c1-2-13-5-3-4-6-16(13)24-20(28)14(19(27)23-21(24)30)9-12-7-8-17(15(22)10-12)29-11-18(25)26/h3-10H,2,11H2,1H3,(H,25,26)(H,23,27,30)/b14-9+. The zero-order chi connectivity index (χ0) is 21.8. The summed E-state index contributed by atoms with van der Waals surface area (Å²) in [6, 6.07) is 11.8. The van der Waals surface area contributed by atoms with E-state index in [0.717, 1.165) is 5.56 Å². The molecule has 2 N–H and O–H groups in total. The van der Waals surface area contributed by atoms with Crippen molar-refractivity contribution in [1.29, 1.82) is 0 Å². The van der Waals surface area contributed by atoms with Gasteiger partial charge < -0.3 is 9.84 Å². The van der Waals surface area contributed by atoms with E-state index in [0.29, 0.717) is 17.7 Å². The fourth-order valence-electron chi connectivity index (χ4n) is 2.93. The van der Waals surface area contributed by atoms with E-state index in [4.69, 9.17) is 33.7 Å². The number of nitrogens with zero attached hydrogens (tertiary/aromatic N) is 1. The number of rotatable bonds is 6. The van der Waals surface area contributed by atoms with Crippen molar-refractivity contribution >= 4 is 58.5 Å². The number of para-hydroxylation sites is 1. The first-order valence-corrected chi connectivity index (χ1v) is 9.74. The Kier molecular flexibility index (Phi) is 6.49. The average molecular weight is 445 g/mol. The van der Waals surface area contributed by atoms with Crippen LogP contribution in [-0.4, -0.2) is 34.6 Å². The van der Waals surface area contributed by atoms with Crippen LogP contribution >= 0.6 is 23.8 Å². The molecule has 1 aliphatic heterocycles. The first kappa shape index (κ1) is 21.5. The van der Waals surface area contributed by atoms with Gasteiger partial charge in [-0.25, -0.2) is 4.79 Å². The molecule has 0 aliphatic carbocycles. The quantitative estimate of drug-likeness (QED) is 0.403. The molecule has 3 rings (SSSR count). The van der Waals surface area contributed by atoms with Gasteiger partial charge in [0.05, 0.1) is 10.7 Å². The smallest absolute Gasteiger partial charge is 0.341 e. The molecule has 0 radical (unpaired) electrons. The lowest BCUT2D eigenvalue weighted by atomic mass is 10.0. The SMILES string of the molecule is CCc1ccccc1N1C(=O)/C(=C/c2ccc(OCC(=O)O)c(Cl)c2)C(=O)NC1=S. The minimum atomic E-state index is -1.13. The predicted molar refractivity (Wildman–Crippen MR) is 117 cm³/mol. The Hall–Kier alpha value is -3.23. The van der Waals surface area contributed by atoms with Crippen molar-refractivity contribution in [3.63, 3.8) is 0 Å². The number of hydrogen-bond donors (Lipinski definition) is 2. The summed E-state index contributed by atoms with van der Waals surface area (Å²) in [4.78, 5) is 37.5. The molecule has 0 spiro atoms. The van der Waals surface area contributed by atoms with Crippen LogP contribution in [0.3, 0.4) is 0 Å². The van der Waals surface area contributed by atoms with Crippen LogP contribution in [-0.2, 0) is 20.8 Å². The minimum Gasteiger partial charge on any atom is -0.480 e. The summed E-state index contributed by atoms with van der Waals surface area (Å²) < 4.78 is 5.08. The second-order valence-corrected chi connectivity index (χ2v) is 7.11. The van der Waals surface area contributed by atoms with Crippen LogP contribution in [0.4, 0.5) is 5.69 Å². The molecule has 2 amide bonds. The second kappa shape index (κ2) is 9.06. The van der Waals surface area contributed by atoms with Gasteiger partial charge in [-0.2, -0.15) is 0 Å². The van der Waals surface area contributed by atoms with Crippen molar-refractivity contribution in [2.75, 3.05) is 11.5 Å². The van der Waals surface area contributed by atoms with Gasteiger partial charge in [-0.1, -0.05) is 42.8 Å². The molecule has 1 fully saturated rings. The molecule has 2 aromatic carbocycles. The van der Waals surface area contributed by atoms with Crippen molar-refractivity contribution in [3.05, 3.63) is 64.2 Å². The molecule has 154 valence electrons. The highest BCUT2D eigenvalue weighted by Crippen LogP contribution is 2.29. The van der Waals surface area contributed by atoms with E-state index in [1.807, 2.05) is 19.1 Å². The third-order valence-electron chi connectivity index (χ3n) is 4.33. The Bertz CT molecular complexity index is 1080. The number of aryl methyl sites for hydroxylation is 1. The van der Waals surface area contributed by atoms with Crippen molar-refractivity contribution < 1.29 is 24.2 Å². The number of carboxylic acids is 1. The zero-order valence-corrected chi connectivity index (χ0v) is 17.4. The highest BCUT2D eigenvalue weighted by Gasteiger charge is 2.35. The Morgan fingerprint density at radius 2 is 2.00 bits per heavy atom. The molecule has 0 bridgehead atoms. The largest absolute Gasteiger partial charge is 0.480 e. The van der Waals surface area contributed by atoms with Gasteiger partial charge in [0.2, 0.25) is 0 Å². The summed E-state index contributed by atoms with van der Waals surface area (Å²) in [6.07, 6.45) is 2.08. The second-order valence-electron chi connectivity index (χ2n) is 6.31. The van der Waals surface area contributed by atoms with Gasteiger partial charge >= 0.3 is 5.97 Å². The van der Waals surface area contributed by atoms with Crippen LogP contribution in [0.2, 0.25) is 5.02 Å². The number of nitrogens with one attached hydrogen (secondary N) is 1. The number of hydrogen-bond acceptors (Lipinski definition) is 5. The van der Waals surface area contributed by atoms with Gasteiger partial charge in [0.25, 0.3) is 11.8 Å². The van der Waals surface area contributed by atoms with E-state index >= 15 is 0 Å². The summed E-state index contributed by atoms with van der Waals surface area (Å²) in [5, 5.41) is 11.4. The van der Waals surface area contributed by atoms with Crippen LogP contribution in [0, 0.1) is 0 Å². The number of thiocarbonyl (C=S) groups is 1. The normalized spacial score (nSPS) is 15.3. The van der Waals surface area contributed by atoms with E-state index in [1.54, 1.807) is 18.2 Å². The van der Waals surface area contributed by atoms with Crippen molar-refractivity contribution in [3.8, 4) is 5.75 Å². The number of amides is 2. The van der Waals surface area contributed by atoms with Crippen LogP contribution < -0.4 is 15.0 Å². The Balaban J connectivity index is 1.95. The maximum Gasteiger partial charge on any atom is 0.341 e. The van der Waals surface area contributed by atoms with Gasteiger partial charge in [0.15, 0.2) is 11.7 Å². The molecule has 7 nitrogen and oxygen atoms in total. The maximum absolute atomic E-state index is 13.1. The zero-order valence-electron chi connectivity index (χ0n) is 15.8. The van der Waals surface area contributed by atoms with Crippen LogP contribution in [0.25, 0.3) is 6.08 Å². The molecule has 0 atom stereocenters. The number of aliphatic carboxylic acids is 1. The molecular weight excluding hydrogens is 428 g/mol. The summed E-state index contributed by atoms with van der Waals surface area (Å²) in [7, 11) is 0. The van der Waals surface area contributed by atoms with Crippen LogP contribution in [0.5, 0.6) is 5.75 Å². The Morgan fingerprint density at radius 1 is 1.27 bits per heavy atom. The first-order chi connectivity index (χ1) is 14.3. The molecule has 1 heterocycles. The number of carboxylic acid groups (broad SMARTS) is 1. The number of ether oxygens (including phenoxy) is 1. The van der Waals surface area contributed by atoms with E-state index in [1.165, 1.54) is 23.1 Å². The van der Waals surface area contributed by atoms with E-state index in [2.05, 4.69) is 5.32 Å². The third kappa shape index (κ3) is 4.50. The molecule has 30 heavy (non-hydrogen) atoms. The van der Waals surface area contributed by atoms with Gasteiger partial charge in [-0.3, -0.25) is 19.8 Å². The fourth-order valence-corrected chi connectivity index (χ4v) is 3.45. The maximum atomic E-state index is 13.1. The predicted octanol–water partition coefficient (Wildman–Crippen LogP) is 3.20. The van der Waals surface area contributed by atoms with Crippen LogP contribution in [0.15, 0.2) is 48.0 Å². The van der Waals surface area contributed by atoms with Crippen LogP contribution in [0.1, 0.15) is 18.1 Å². The summed E-state index contributed by atoms with van der Waals surface area (Å²) in [5.41, 5.74) is 1.88. The van der Waals surface area contributed by atoms with Gasteiger partial charge in [0.1, 0.15) is 11.3 Å². The number of carbonyl (C=O) groups excluding carboxylic acids is 2. The minimum absolute atomic E-state index is 0.0125. The van der Waals surface area contributed by atoms with Crippen molar-refractivity contribution in [1.82, 2.24) is 5.32 Å². The highest BCUT2D eigenvalue weighted by atomic mass is 35.5. The van der Waals surface area contributed by atoms with Gasteiger partial charge in [-0.15, -0.1) is 0 Å². The topological polar surface area (TPSA) is 95.9 Å². The van der Waals surface area contributed by atoms with Crippen molar-refractivity contribution in [2.45, 2.75) is 13.3 Å². The number of carbonyl (C=O) groups is 3. The molecule has 1 aliphatic rings. The fraction of sp³-hybridized carbons (Fsp3) is 0.143. The Morgan fingerprint density at radius 3 is 2.67 bits per heavy atom. The van der Waals surface area contributed by atoms with Gasteiger partial charge in [0, 0.05) is 0 Å². The summed E-state index contributed by atoms with van der Waals surface area (Å²) in [6.45, 7) is 1.42. The summed E-state index contributed by atoms with van der Waals surface area (Å²) >= 11 is 11.4.